The van der Waals surface area contributed by atoms with Crippen LogP contribution in [0.25, 0.3) is 32.7 Å². The van der Waals surface area contributed by atoms with Gasteiger partial charge in [0.05, 0.1) is 6.10 Å². The zero-order chi connectivity index (χ0) is 17.4. The van der Waals surface area contributed by atoms with Gasteiger partial charge in [0.25, 0.3) is 0 Å². The molecule has 4 aromatic carbocycles. The van der Waals surface area contributed by atoms with Gasteiger partial charge in [0.1, 0.15) is 11.5 Å². The summed E-state index contributed by atoms with van der Waals surface area (Å²) in [6.45, 7) is 4.04. The molecule has 0 heterocycles. The Hall–Kier alpha value is -3.00. The molecule has 2 heteroatoms. The fraction of sp³-hybridized carbons (Fsp3) is 0.130. The zero-order valence-electron chi connectivity index (χ0n) is 14.4. The Balaban J connectivity index is 2.02. The average molecular weight is 328 g/mol. The topological polar surface area (TPSA) is 29.5 Å². The maximum absolute atomic E-state index is 10.9. The Morgan fingerprint density at radius 2 is 1.24 bits per heavy atom. The molecule has 25 heavy (non-hydrogen) atoms. The standard InChI is InChI=1S/C23H20O2/c1-15(2)25-23-19-10-6-4-8-17(19)12-14-21(23)20-13-11-16-7-3-5-9-18(16)22(20)24/h3-15,24H,1-2H3. The third-order valence-corrected chi connectivity index (χ3v) is 4.42. The molecule has 0 saturated carbocycles. The zero-order valence-corrected chi connectivity index (χ0v) is 14.4. The van der Waals surface area contributed by atoms with Gasteiger partial charge in [-0.1, -0.05) is 60.7 Å². The second kappa shape index (κ2) is 6.14. The number of aromatic hydroxyl groups is 1. The Morgan fingerprint density at radius 1 is 0.680 bits per heavy atom. The summed E-state index contributed by atoms with van der Waals surface area (Å²) in [5, 5.41) is 14.9. The number of phenols is 1. The van der Waals surface area contributed by atoms with E-state index in [1.165, 1.54) is 0 Å². The van der Waals surface area contributed by atoms with Crippen molar-refractivity contribution in [2.75, 3.05) is 0 Å². The largest absolute Gasteiger partial charge is 0.507 e. The number of hydrogen-bond acceptors (Lipinski definition) is 2. The summed E-state index contributed by atoms with van der Waals surface area (Å²) in [7, 11) is 0. The van der Waals surface area contributed by atoms with Gasteiger partial charge in [-0.15, -0.1) is 0 Å². The molecule has 2 nitrogen and oxygen atoms in total. The van der Waals surface area contributed by atoms with Gasteiger partial charge in [0.2, 0.25) is 0 Å². The van der Waals surface area contributed by atoms with Crippen molar-refractivity contribution in [3.8, 4) is 22.6 Å². The minimum Gasteiger partial charge on any atom is -0.507 e. The fourth-order valence-corrected chi connectivity index (χ4v) is 3.29. The van der Waals surface area contributed by atoms with Crippen LogP contribution >= 0.6 is 0 Å². The Morgan fingerprint density at radius 3 is 1.92 bits per heavy atom. The second-order valence-corrected chi connectivity index (χ2v) is 6.51. The number of hydrogen-bond donors (Lipinski definition) is 1. The van der Waals surface area contributed by atoms with E-state index in [2.05, 4.69) is 18.2 Å². The lowest BCUT2D eigenvalue weighted by Crippen LogP contribution is -2.07. The molecule has 4 rings (SSSR count). The molecule has 0 spiro atoms. The normalized spacial score (nSPS) is 11.3. The van der Waals surface area contributed by atoms with Gasteiger partial charge in [0, 0.05) is 21.9 Å². The van der Waals surface area contributed by atoms with Crippen molar-refractivity contribution >= 4 is 21.5 Å². The van der Waals surface area contributed by atoms with Crippen LogP contribution in [0, 0.1) is 0 Å². The molecule has 0 saturated heterocycles. The quantitative estimate of drug-likeness (QED) is 0.488. The van der Waals surface area contributed by atoms with Crippen LogP contribution in [0.3, 0.4) is 0 Å². The van der Waals surface area contributed by atoms with E-state index in [1.54, 1.807) is 0 Å². The SMILES string of the molecule is CC(C)Oc1c(-c2ccc3ccccc3c2O)ccc2ccccc12. The summed E-state index contributed by atoms with van der Waals surface area (Å²) < 4.78 is 6.17. The molecule has 1 N–H and O–H groups in total. The van der Waals surface area contributed by atoms with E-state index >= 15 is 0 Å². The van der Waals surface area contributed by atoms with E-state index in [4.69, 9.17) is 4.74 Å². The summed E-state index contributed by atoms with van der Waals surface area (Å²) in [6, 6.07) is 24.2. The maximum atomic E-state index is 10.9. The van der Waals surface area contributed by atoms with Gasteiger partial charge >= 0.3 is 0 Å². The highest BCUT2D eigenvalue weighted by molar-refractivity contribution is 6.00. The van der Waals surface area contributed by atoms with E-state index in [0.717, 1.165) is 38.4 Å². The summed E-state index contributed by atoms with van der Waals surface area (Å²) in [5.41, 5.74) is 1.70. The number of ether oxygens (including phenoxy) is 1. The first-order valence-corrected chi connectivity index (χ1v) is 8.54. The summed E-state index contributed by atoms with van der Waals surface area (Å²) >= 11 is 0. The van der Waals surface area contributed by atoms with Gasteiger partial charge in [-0.2, -0.15) is 0 Å². The highest BCUT2D eigenvalue weighted by Gasteiger charge is 2.16. The second-order valence-electron chi connectivity index (χ2n) is 6.51. The molecule has 0 aliphatic rings. The lowest BCUT2D eigenvalue weighted by atomic mass is 9.96. The van der Waals surface area contributed by atoms with E-state index in [9.17, 15) is 5.11 Å². The van der Waals surface area contributed by atoms with E-state index in [-0.39, 0.29) is 6.10 Å². The van der Waals surface area contributed by atoms with Crippen molar-refractivity contribution in [1.29, 1.82) is 0 Å². The molecular weight excluding hydrogens is 308 g/mol. The molecule has 0 unspecified atom stereocenters. The fourth-order valence-electron chi connectivity index (χ4n) is 3.29. The van der Waals surface area contributed by atoms with Crippen LogP contribution < -0.4 is 4.74 Å². The third kappa shape index (κ3) is 2.70. The van der Waals surface area contributed by atoms with E-state index in [1.807, 2.05) is 68.4 Å². The highest BCUT2D eigenvalue weighted by Crippen LogP contribution is 2.43. The molecule has 0 aliphatic carbocycles. The van der Waals surface area contributed by atoms with Crippen molar-refractivity contribution < 1.29 is 9.84 Å². The molecule has 0 amide bonds. The first-order chi connectivity index (χ1) is 12.1. The number of rotatable bonds is 3. The molecule has 0 aliphatic heterocycles. The van der Waals surface area contributed by atoms with Gasteiger partial charge in [-0.25, -0.2) is 0 Å². The highest BCUT2D eigenvalue weighted by atomic mass is 16.5. The Bertz CT molecular complexity index is 1060. The maximum Gasteiger partial charge on any atom is 0.135 e. The van der Waals surface area contributed by atoms with Crippen molar-refractivity contribution in [3.05, 3.63) is 72.8 Å². The first kappa shape index (κ1) is 15.5. The lowest BCUT2D eigenvalue weighted by Gasteiger charge is -2.18. The van der Waals surface area contributed by atoms with Gasteiger partial charge in [-0.05, 0) is 36.8 Å². The smallest absolute Gasteiger partial charge is 0.135 e. The van der Waals surface area contributed by atoms with Gasteiger partial charge in [-0.3, -0.25) is 0 Å². The van der Waals surface area contributed by atoms with Crippen molar-refractivity contribution in [1.82, 2.24) is 0 Å². The minimum absolute atomic E-state index is 0.0483. The van der Waals surface area contributed by atoms with Crippen LogP contribution in [0.1, 0.15) is 13.8 Å². The average Bonchev–Trinajstić information content (AvgIpc) is 2.63. The Labute approximate surface area is 147 Å². The van der Waals surface area contributed by atoms with Gasteiger partial charge < -0.3 is 9.84 Å². The van der Waals surface area contributed by atoms with Crippen LogP contribution in [-0.4, -0.2) is 11.2 Å². The predicted octanol–water partition coefficient (Wildman–Crippen LogP) is 6.15. The van der Waals surface area contributed by atoms with Crippen molar-refractivity contribution in [2.45, 2.75) is 20.0 Å². The minimum atomic E-state index is 0.0483. The molecule has 124 valence electrons. The molecule has 0 atom stereocenters. The van der Waals surface area contributed by atoms with Crippen LogP contribution in [0.15, 0.2) is 72.8 Å². The summed E-state index contributed by atoms with van der Waals surface area (Å²) in [6.07, 6.45) is 0.0483. The molecule has 0 bridgehead atoms. The number of fused-ring (bicyclic) bond motifs is 2. The Kier molecular flexibility index (Phi) is 3.81. The van der Waals surface area contributed by atoms with Crippen LogP contribution in [0.5, 0.6) is 11.5 Å². The van der Waals surface area contributed by atoms with Crippen molar-refractivity contribution in [2.24, 2.45) is 0 Å². The predicted molar refractivity (Wildman–Crippen MR) is 104 cm³/mol. The molecule has 0 aromatic heterocycles. The summed E-state index contributed by atoms with van der Waals surface area (Å²) in [5.74, 6) is 1.11. The van der Waals surface area contributed by atoms with E-state index < -0.39 is 0 Å². The molecule has 4 aromatic rings. The number of phenolic OH excluding ortho intramolecular Hbond substituents is 1. The van der Waals surface area contributed by atoms with E-state index in [0.29, 0.717) is 5.75 Å². The van der Waals surface area contributed by atoms with Crippen LogP contribution in [0.4, 0.5) is 0 Å². The van der Waals surface area contributed by atoms with Crippen LogP contribution in [-0.2, 0) is 0 Å². The summed E-state index contributed by atoms with van der Waals surface area (Å²) in [4.78, 5) is 0. The molecule has 0 radical (unpaired) electrons. The number of benzene rings is 4. The molecule has 0 fully saturated rings. The monoisotopic (exact) mass is 328 g/mol. The van der Waals surface area contributed by atoms with Crippen LogP contribution in [0.2, 0.25) is 0 Å². The first-order valence-electron chi connectivity index (χ1n) is 8.54. The lowest BCUT2D eigenvalue weighted by molar-refractivity contribution is 0.246. The van der Waals surface area contributed by atoms with Crippen molar-refractivity contribution in [3.63, 3.8) is 0 Å². The molecular formula is C23H20O2. The van der Waals surface area contributed by atoms with Gasteiger partial charge in [0.15, 0.2) is 0 Å². The third-order valence-electron chi connectivity index (χ3n) is 4.42.